The first-order valence-electron chi connectivity index (χ1n) is 8.25. The summed E-state index contributed by atoms with van der Waals surface area (Å²) in [6.07, 6.45) is -3.50. The molecule has 2 nitrogen and oxygen atoms in total. The van der Waals surface area contributed by atoms with E-state index in [0.29, 0.717) is 6.42 Å². The Morgan fingerprint density at radius 3 is 2.04 bits per heavy atom. The molecule has 0 aromatic carbocycles. The highest BCUT2D eigenvalue weighted by atomic mass is 19.4. The van der Waals surface area contributed by atoms with Gasteiger partial charge in [-0.1, -0.05) is 32.6 Å². The highest BCUT2D eigenvalue weighted by Crippen LogP contribution is 2.38. The van der Waals surface area contributed by atoms with Crippen LogP contribution >= 0.6 is 0 Å². The fourth-order valence-electron chi connectivity index (χ4n) is 2.61. The fourth-order valence-corrected chi connectivity index (χ4v) is 2.61. The van der Waals surface area contributed by atoms with E-state index in [0.717, 1.165) is 19.3 Å². The lowest BCUT2D eigenvalue weighted by Crippen LogP contribution is -2.29. The monoisotopic (exact) mass is 346 g/mol. The Bertz CT molecular complexity index is 329. The lowest BCUT2D eigenvalue weighted by molar-refractivity contribution is -0.143. The van der Waals surface area contributed by atoms with Crippen molar-refractivity contribution in [1.82, 2.24) is 0 Å². The van der Waals surface area contributed by atoms with Crippen molar-refractivity contribution in [3.63, 3.8) is 0 Å². The largest absolute Gasteiger partial charge is 0.481 e. The molecule has 0 saturated carbocycles. The minimum atomic E-state index is -4.42. The van der Waals surface area contributed by atoms with E-state index in [2.05, 4.69) is 0 Å². The molecule has 0 aliphatic carbocycles. The van der Waals surface area contributed by atoms with E-state index in [4.69, 9.17) is 5.11 Å². The van der Waals surface area contributed by atoms with Crippen LogP contribution in [0.5, 0.6) is 0 Å². The van der Waals surface area contributed by atoms with Gasteiger partial charge in [0.15, 0.2) is 0 Å². The van der Waals surface area contributed by atoms with Crippen LogP contribution < -0.4 is 0 Å². The first-order chi connectivity index (χ1) is 10.6. The van der Waals surface area contributed by atoms with Crippen LogP contribution in [0.25, 0.3) is 0 Å². The van der Waals surface area contributed by atoms with Crippen molar-refractivity contribution < 1.29 is 31.9 Å². The maximum atomic E-state index is 14.2. The third-order valence-corrected chi connectivity index (χ3v) is 3.92. The Kier molecular flexibility index (Phi) is 10.4. The van der Waals surface area contributed by atoms with Gasteiger partial charge in [-0.25, -0.2) is 8.78 Å². The Labute approximate surface area is 134 Å². The fraction of sp³-hybridized carbons (Fsp3) is 0.938. The van der Waals surface area contributed by atoms with Crippen molar-refractivity contribution in [2.24, 2.45) is 5.92 Å². The van der Waals surface area contributed by atoms with Crippen molar-refractivity contribution in [2.45, 2.75) is 89.7 Å². The number of carboxylic acid groups (broad SMARTS) is 1. The van der Waals surface area contributed by atoms with Gasteiger partial charge in [-0.05, 0) is 25.7 Å². The Balaban J connectivity index is 4.48. The predicted molar refractivity (Wildman–Crippen MR) is 78.6 cm³/mol. The molecule has 138 valence electrons. The van der Waals surface area contributed by atoms with Gasteiger partial charge in [0.2, 0.25) is 0 Å². The number of alkyl halides is 5. The first-order valence-corrected chi connectivity index (χ1v) is 8.25. The van der Waals surface area contributed by atoms with E-state index in [1.165, 1.54) is 0 Å². The normalized spacial score (nSPS) is 14.0. The van der Waals surface area contributed by atoms with Gasteiger partial charge < -0.3 is 5.11 Å². The lowest BCUT2D eigenvalue weighted by atomic mass is 9.87. The van der Waals surface area contributed by atoms with Crippen molar-refractivity contribution >= 4 is 5.97 Å². The zero-order chi connectivity index (χ0) is 17.9. The Hall–Kier alpha value is -0.880. The summed E-state index contributed by atoms with van der Waals surface area (Å²) in [4.78, 5) is 10.5. The molecule has 0 aromatic heterocycles. The summed E-state index contributed by atoms with van der Waals surface area (Å²) in [7, 11) is 0. The molecule has 0 fully saturated rings. The topological polar surface area (TPSA) is 37.3 Å². The molecular weight excluding hydrogens is 319 g/mol. The minimum Gasteiger partial charge on any atom is -0.481 e. The molecule has 0 amide bonds. The van der Waals surface area contributed by atoms with Gasteiger partial charge in [-0.15, -0.1) is 0 Å². The molecule has 0 bridgehead atoms. The van der Waals surface area contributed by atoms with Gasteiger partial charge in [0, 0.05) is 25.2 Å². The van der Waals surface area contributed by atoms with Gasteiger partial charge >= 0.3 is 12.1 Å². The van der Waals surface area contributed by atoms with E-state index in [1.54, 1.807) is 0 Å². The summed E-state index contributed by atoms with van der Waals surface area (Å²) < 4.78 is 64.7. The average Bonchev–Trinajstić information content (AvgIpc) is 2.39. The molecule has 1 atom stereocenters. The number of aliphatic carboxylic acids is 1. The molecule has 0 aliphatic rings. The van der Waals surface area contributed by atoms with Crippen LogP contribution in [0.15, 0.2) is 0 Å². The third-order valence-electron chi connectivity index (χ3n) is 3.92. The molecular formula is C16H27F5O2. The van der Waals surface area contributed by atoms with Crippen molar-refractivity contribution in [1.29, 1.82) is 0 Å². The van der Waals surface area contributed by atoms with Crippen molar-refractivity contribution in [2.75, 3.05) is 0 Å². The van der Waals surface area contributed by atoms with Crippen LogP contribution in [0.4, 0.5) is 22.0 Å². The van der Waals surface area contributed by atoms with Gasteiger partial charge in [-0.2, -0.15) is 13.2 Å². The molecule has 23 heavy (non-hydrogen) atoms. The van der Waals surface area contributed by atoms with E-state index < -0.39 is 43.2 Å². The molecule has 0 aromatic rings. The highest BCUT2D eigenvalue weighted by molar-refractivity contribution is 5.66. The lowest BCUT2D eigenvalue weighted by Gasteiger charge is -2.27. The zero-order valence-electron chi connectivity index (χ0n) is 13.6. The summed E-state index contributed by atoms with van der Waals surface area (Å²) in [6, 6.07) is 0. The highest BCUT2D eigenvalue weighted by Gasteiger charge is 2.39. The van der Waals surface area contributed by atoms with Crippen LogP contribution in [0.3, 0.4) is 0 Å². The van der Waals surface area contributed by atoms with E-state index in [-0.39, 0.29) is 25.7 Å². The maximum Gasteiger partial charge on any atom is 0.389 e. The second kappa shape index (κ2) is 10.8. The molecule has 0 rings (SSSR count). The van der Waals surface area contributed by atoms with Crippen LogP contribution in [0.2, 0.25) is 0 Å². The van der Waals surface area contributed by atoms with Crippen LogP contribution in [0, 0.1) is 5.92 Å². The maximum absolute atomic E-state index is 14.2. The summed E-state index contributed by atoms with van der Waals surface area (Å²) >= 11 is 0. The summed E-state index contributed by atoms with van der Waals surface area (Å²) in [5, 5.41) is 8.59. The molecule has 0 heterocycles. The first kappa shape index (κ1) is 22.1. The minimum absolute atomic E-state index is 0.0391. The second-order valence-corrected chi connectivity index (χ2v) is 6.06. The molecule has 7 heteroatoms. The van der Waals surface area contributed by atoms with Crippen molar-refractivity contribution in [3.05, 3.63) is 0 Å². The molecule has 0 saturated heterocycles. The number of carbonyl (C=O) groups is 1. The number of carboxylic acids is 1. The van der Waals surface area contributed by atoms with Crippen molar-refractivity contribution in [3.8, 4) is 0 Å². The molecule has 1 N–H and O–H groups in total. The van der Waals surface area contributed by atoms with Gasteiger partial charge in [0.05, 0.1) is 0 Å². The molecule has 0 aliphatic heterocycles. The van der Waals surface area contributed by atoms with Crippen LogP contribution in [0.1, 0.15) is 77.6 Å². The number of hydrogen-bond donors (Lipinski definition) is 1. The van der Waals surface area contributed by atoms with E-state index >= 15 is 0 Å². The quantitative estimate of drug-likeness (QED) is 0.319. The number of halogens is 5. The Morgan fingerprint density at radius 1 is 0.913 bits per heavy atom. The Morgan fingerprint density at radius 2 is 1.52 bits per heavy atom. The van der Waals surface area contributed by atoms with Gasteiger partial charge in [0.1, 0.15) is 0 Å². The van der Waals surface area contributed by atoms with Gasteiger partial charge in [-0.3, -0.25) is 4.79 Å². The molecule has 1 unspecified atom stereocenters. The van der Waals surface area contributed by atoms with Crippen LogP contribution in [-0.4, -0.2) is 23.2 Å². The second-order valence-electron chi connectivity index (χ2n) is 6.06. The number of unbranched alkanes of at least 4 members (excludes halogenated alkanes) is 3. The smallest absolute Gasteiger partial charge is 0.389 e. The summed E-state index contributed by atoms with van der Waals surface area (Å²) in [6.45, 7) is 2.00. The number of hydrogen-bond acceptors (Lipinski definition) is 1. The SMILES string of the molecule is CCCCCCC(CCCC(=O)O)C(F)(F)CCCC(F)(F)F. The van der Waals surface area contributed by atoms with E-state index in [9.17, 15) is 26.7 Å². The third kappa shape index (κ3) is 12.2. The molecule has 0 spiro atoms. The zero-order valence-corrected chi connectivity index (χ0v) is 13.6. The summed E-state index contributed by atoms with van der Waals surface area (Å²) in [5.74, 6) is -5.25. The van der Waals surface area contributed by atoms with E-state index in [1.807, 2.05) is 6.92 Å². The van der Waals surface area contributed by atoms with Crippen LogP contribution in [-0.2, 0) is 4.79 Å². The predicted octanol–water partition coefficient (Wildman–Crippen LogP) is 6.20. The number of rotatable bonds is 13. The summed E-state index contributed by atoms with van der Waals surface area (Å²) in [5.41, 5.74) is 0. The molecule has 0 radical (unpaired) electrons. The van der Waals surface area contributed by atoms with Gasteiger partial charge in [0.25, 0.3) is 5.92 Å². The average molecular weight is 346 g/mol. The standard InChI is InChI=1S/C16H27F5O2/c1-2-3-4-5-8-13(9-6-10-14(22)23)15(17,18)11-7-12-16(19,20)21/h13H,2-12H2,1H3,(H,22,23).